The number of amides is 2. The van der Waals surface area contributed by atoms with Crippen LogP contribution in [-0.4, -0.2) is 24.2 Å². The quantitative estimate of drug-likeness (QED) is 0.392. The molecular formula is C27H27F4N3O2. The molecule has 9 heteroatoms. The maximum absolute atomic E-state index is 14.7. The number of ether oxygens (including phenoxy) is 1. The van der Waals surface area contributed by atoms with E-state index in [0.717, 1.165) is 37.8 Å². The topological polar surface area (TPSA) is 63.2 Å². The van der Waals surface area contributed by atoms with Gasteiger partial charge in [0.15, 0.2) is 0 Å². The summed E-state index contributed by atoms with van der Waals surface area (Å²) in [5, 5.41) is 5.82. The van der Waals surface area contributed by atoms with E-state index in [9.17, 15) is 22.4 Å². The summed E-state index contributed by atoms with van der Waals surface area (Å²) >= 11 is 0. The lowest BCUT2D eigenvalue weighted by atomic mass is 9.79. The van der Waals surface area contributed by atoms with Crippen LogP contribution in [0.15, 0.2) is 66.9 Å². The molecule has 2 N–H and O–H groups in total. The van der Waals surface area contributed by atoms with E-state index in [1.807, 2.05) is 0 Å². The maximum atomic E-state index is 14.7. The molecule has 190 valence electrons. The van der Waals surface area contributed by atoms with Crippen molar-refractivity contribution in [2.45, 2.75) is 49.9 Å². The fourth-order valence-electron chi connectivity index (χ4n) is 4.68. The summed E-state index contributed by atoms with van der Waals surface area (Å²) in [5.41, 5.74) is -1.95. The largest absolute Gasteiger partial charge is 0.497 e. The first kappa shape index (κ1) is 25.5. The Labute approximate surface area is 206 Å². The standard InChI is InChI=1S/C27H27F4N3O2/c1-36-23-11-12-32-24(16-23)26(17-18-7-3-2-4-8-18,34-25(35)33-22-9-5-6-10-22)19-13-20(27(29,30)31)15-21(28)14-19/h2-4,7-8,11-16,22H,5-6,9-10,17H2,1H3,(H2,33,34,35). The number of halogens is 4. The monoisotopic (exact) mass is 501 g/mol. The maximum Gasteiger partial charge on any atom is 0.416 e. The van der Waals surface area contributed by atoms with Crippen molar-refractivity contribution in [3.63, 3.8) is 0 Å². The van der Waals surface area contributed by atoms with Crippen LogP contribution in [0.4, 0.5) is 22.4 Å². The number of carbonyl (C=O) groups is 1. The van der Waals surface area contributed by atoms with Crippen LogP contribution in [0.2, 0.25) is 0 Å². The van der Waals surface area contributed by atoms with Crippen molar-refractivity contribution in [2.24, 2.45) is 0 Å². The Morgan fingerprint density at radius 2 is 1.72 bits per heavy atom. The van der Waals surface area contributed by atoms with Crippen LogP contribution in [0.1, 0.15) is 48.1 Å². The molecule has 1 atom stereocenters. The van der Waals surface area contributed by atoms with Gasteiger partial charge in [-0.05, 0) is 48.2 Å². The summed E-state index contributed by atoms with van der Waals surface area (Å²) in [6.45, 7) is 0. The molecule has 0 spiro atoms. The first-order valence-corrected chi connectivity index (χ1v) is 11.7. The Kier molecular flexibility index (Phi) is 7.47. The fourth-order valence-corrected chi connectivity index (χ4v) is 4.68. The van der Waals surface area contributed by atoms with Gasteiger partial charge in [-0.1, -0.05) is 43.2 Å². The SMILES string of the molecule is COc1ccnc(C(Cc2ccccc2)(NC(=O)NC2CCCC2)c2cc(F)cc(C(F)(F)F)c2)c1. The zero-order chi connectivity index (χ0) is 25.8. The van der Waals surface area contributed by atoms with Crippen molar-refractivity contribution in [3.8, 4) is 5.75 Å². The molecule has 0 aliphatic heterocycles. The lowest BCUT2D eigenvalue weighted by molar-refractivity contribution is -0.137. The van der Waals surface area contributed by atoms with E-state index < -0.39 is 29.1 Å². The molecule has 1 unspecified atom stereocenters. The van der Waals surface area contributed by atoms with E-state index in [1.165, 1.54) is 19.4 Å². The minimum atomic E-state index is -4.79. The number of pyridine rings is 1. The third-order valence-corrected chi connectivity index (χ3v) is 6.45. The Morgan fingerprint density at radius 1 is 1.03 bits per heavy atom. The van der Waals surface area contributed by atoms with Gasteiger partial charge in [0.05, 0.1) is 18.4 Å². The van der Waals surface area contributed by atoms with Gasteiger partial charge < -0.3 is 15.4 Å². The Balaban J connectivity index is 1.91. The Bertz CT molecular complexity index is 1200. The molecule has 4 rings (SSSR count). The number of aromatic nitrogens is 1. The molecule has 3 aromatic rings. The highest BCUT2D eigenvalue weighted by Gasteiger charge is 2.41. The predicted octanol–water partition coefficient (Wildman–Crippen LogP) is 5.98. The van der Waals surface area contributed by atoms with E-state index in [1.54, 1.807) is 36.4 Å². The van der Waals surface area contributed by atoms with Gasteiger partial charge in [0.2, 0.25) is 0 Å². The highest BCUT2D eigenvalue weighted by atomic mass is 19.4. The number of benzene rings is 2. The molecule has 2 aromatic carbocycles. The van der Waals surface area contributed by atoms with E-state index in [-0.39, 0.29) is 23.7 Å². The highest BCUT2D eigenvalue weighted by Crippen LogP contribution is 2.38. The zero-order valence-electron chi connectivity index (χ0n) is 19.7. The number of nitrogens with one attached hydrogen (secondary N) is 2. The summed E-state index contributed by atoms with van der Waals surface area (Å²) in [6.07, 6.45) is 0.265. The predicted molar refractivity (Wildman–Crippen MR) is 127 cm³/mol. The van der Waals surface area contributed by atoms with Gasteiger partial charge in [-0.25, -0.2) is 9.18 Å². The first-order valence-electron chi connectivity index (χ1n) is 11.7. The molecule has 0 saturated heterocycles. The fraction of sp³-hybridized carbons (Fsp3) is 0.333. The normalized spacial score (nSPS) is 15.8. The van der Waals surface area contributed by atoms with Crippen LogP contribution in [0, 0.1) is 5.82 Å². The highest BCUT2D eigenvalue weighted by molar-refractivity contribution is 5.76. The zero-order valence-corrected chi connectivity index (χ0v) is 19.7. The minimum Gasteiger partial charge on any atom is -0.497 e. The average molecular weight is 502 g/mol. The number of methoxy groups -OCH3 is 1. The molecule has 1 saturated carbocycles. The molecule has 1 heterocycles. The van der Waals surface area contributed by atoms with E-state index in [2.05, 4.69) is 15.6 Å². The number of carbonyl (C=O) groups excluding carboxylic acids is 1. The lowest BCUT2D eigenvalue weighted by Crippen LogP contribution is -2.54. The second-order valence-electron chi connectivity index (χ2n) is 8.95. The summed E-state index contributed by atoms with van der Waals surface area (Å²) in [6, 6.07) is 13.8. The Morgan fingerprint density at radius 3 is 2.39 bits per heavy atom. The van der Waals surface area contributed by atoms with Crippen molar-refractivity contribution in [2.75, 3.05) is 7.11 Å². The molecule has 0 radical (unpaired) electrons. The van der Waals surface area contributed by atoms with Crippen molar-refractivity contribution >= 4 is 6.03 Å². The number of hydrogen-bond acceptors (Lipinski definition) is 3. The Hall–Kier alpha value is -3.62. The minimum absolute atomic E-state index is 0.0207. The van der Waals surface area contributed by atoms with Crippen molar-refractivity contribution in [1.29, 1.82) is 0 Å². The third kappa shape index (κ3) is 5.78. The number of alkyl halides is 3. The molecule has 5 nitrogen and oxygen atoms in total. The average Bonchev–Trinajstić information content (AvgIpc) is 3.36. The van der Waals surface area contributed by atoms with Crippen LogP contribution in [0.25, 0.3) is 0 Å². The molecule has 1 aliphatic carbocycles. The molecule has 2 amide bonds. The summed E-state index contributed by atoms with van der Waals surface area (Å²) in [5.74, 6) is -0.680. The first-order chi connectivity index (χ1) is 17.2. The molecular weight excluding hydrogens is 474 g/mol. The summed E-state index contributed by atoms with van der Waals surface area (Å²) in [4.78, 5) is 17.7. The molecule has 1 aromatic heterocycles. The third-order valence-electron chi connectivity index (χ3n) is 6.45. The van der Waals surface area contributed by atoms with Crippen molar-refractivity contribution in [3.05, 3.63) is 95.1 Å². The lowest BCUT2D eigenvalue weighted by Gasteiger charge is -2.36. The van der Waals surface area contributed by atoms with Crippen LogP contribution in [0.5, 0.6) is 5.75 Å². The van der Waals surface area contributed by atoms with Gasteiger partial charge >= 0.3 is 12.2 Å². The molecule has 1 fully saturated rings. The van der Waals surface area contributed by atoms with Gasteiger partial charge in [-0.3, -0.25) is 4.98 Å². The van der Waals surface area contributed by atoms with E-state index in [4.69, 9.17) is 4.74 Å². The van der Waals surface area contributed by atoms with Gasteiger partial charge in [0, 0.05) is 24.7 Å². The summed E-state index contributed by atoms with van der Waals surface area (Å²) < 4.78 is 61.2. The number of hydrogen-bond donors (Lipinski definition) is 2. The van der Waals surface area contributed by atoms with Gasteiger partial charge in [0.25, 0.3) is 0 Å². The molecule has 1 aliphatic rings. The van der Waals surface area contributed by atoms with Crippen LogP contribution < -0.4 is 15.4 Å². The van der Waals surface area contributed by atoms with E-state index in [0.29, 0.717) is 17.4 Å². The van der Waals surface area contributed by atoms with Crippen LogP contribution in [0.3, 0.4) is 0 Å². The number of urea groups is 1. The van der Waals surface area contributed by atoms with Crippen LogP contribution in [-0.2, 0) is 18.1 Å². The number of rotatable bonds is 7. The molecule has 36 heavy (non-hydrogen) atoms. The van der Waals surface area contributed by atoms with Crippen molar-refractivity contribution in [1.82, 2.24) is 15.6 Å². The second kappa shape index (κ2) is 10.6. The van der Waals surface area contributed by atoms with Gasteiger partial charge in [0.1, 0.15) is 17.1 Å². The second-order valence-corrected chi connectivity index (χ2v) is 8.95. The van der Waals surface area contributed by atoms with Gasteiger partial charge in [-0.15, -0.1) is 0 Å². The summed E-state index contributed by atoms with van der Waals surface area (Å²) in [7, 11) is 1.45. The van der Waals surface area contributed by atoms with Gasteiger partial charge in [-0.2, -0.15) is 13.2 Å². The smallest absolute Gasteiger partial charge is 0.416 e. The van der Waals surface area contributed by atoms with Crippen LogP contribution >= 0.6 is 0 Å². The molecule has 0 bridgehead atoms. The number of nitrogens with zero attached hydrogens (tertiary/aromatic N) is 1. The van der Waals surface area contributed by atoms with E-state index >= 15 is 0 Å². The van der Waals surface area contributed by atoms with Crippen molar-refractivity contribution < 1.29 is 27.1 Å².